The van der Waals surface area contributed by atoms with Crippen molar-refractivity contribution in [2.45, 2.75) is 17.7 Å². The van der Waals surface area contributed by atoms with Gasteiger partial charge in [-0.05, 0) is 43.3 Å². The Bertz CT molecular complexity index is 825. The zero-order valence-corrected chi connectivity index (χ0v) is 13.1. The highest BCUT2D eigenvalue weighted by atomic mass is 32.2. The minimum absolute atomic E-state index is 0.293. The van der Waals surface area contributed by atoms with Crippen molar-refractivity contribution >= 4 is 11.8 Å². The normalized spacial score (nSPS) is 10.7. The molecular formula is C17H13F2N3S. The van der Waals surface area contributed by atoms with E-state index in [0.717, 1.165) is 17.8 Å². The molecule has 0 N–H and O–H groups in total. The molecule has 23 heavy (non-hydrogen) atoms. The summed E-state index contributed by atoms with van der Waals surface area (Å²) in [6.07, 6.45) is 1.70. The Labute approximate surface area is 136 Å². The van der Waals surface area contributed by atoms with Crippen molar-refractivity contribution in [3.63, 3.8) is 0 Å². The van der Waals surface area contributed by atoms with Gasteiger partial charge in [0.15, 0.2) is 0 Å². The minimum atomic E-state index is -0.449. The van der Waals surface area contributed by atoms with Crippen LogP contribution in [0.25, 0.3) is 11.4 Å². The van der Waals surface area contributed by atoms with Crippen LogP contribution in [-0.2, 0) is 5.75 Å². The molecule has 0 spiro atoms. The van der Waals surface area contributed by atoms with Crippen LogP contribution >= 0.6 is 11.8 Å². The van der Waals surface area contributed by atoms with Gasteiger partial charge in [-0.2, -0.15) is 0 Å². The van der Waals surface area contributed by atoms with Crippen molar-refractivity contribution < 1.29 is 8.78 Å². The standard InChI is InChI=1S/C17H13F2N3S/c1-11-21-16(15-4-2-3-7-20-15)9-17(22-11)23-10-12-8-13(18)5-6-14(12)19/h2-9H,10H2,1H3. The zero-order valence-electron chi connectivity index (χ0n) is 12.3. The van der Waals surface area contributed by atoms with Gasteiger partial charge in [-0.3, -0.25) is 4.98 Å². The fourth-order valence-corrected chi connectivity index (χ4v) is 2.98. The van der Waals surface area contributed by atoms with E-state index in [0.29, 0.717) is 27.9 Å². The van der Waals surface area contributed by atoms with Crippen LogP contribution < -0.4 is 0 Å². The van der Waals surface area contributed by atoms with Gasteiger partial charge in [0.2, 0.25) is 0 Å². The van der Waals surface area contributed by atoms with Crippen LogP contribution in [0.1, 0.15) is 11.4 Å². The zero-order chi connectivity index (χ0) is 16.2. The summed E-state index contributed by atoms with van der Waals surface area (Å²) in [4.78, 5) is 13.0. The van der Waals surface area contributed by atoms with Gasteiger partial charge >= 0.3 is 0 Å². The van der Waals surface area contributed by atoms with E-state index in [1.807, 2.05) is 18.2 Å². The molecular weight excluding hydrogens is 316 g/mol. The summed E-state index contributed by atoms with van der Waals surface area (Å²) in [5.41, 5.74) is 1.77. The molecule has 0 aliphatic heterocycles. The van der Waals surface area contributed by atoms with E-state index in [1.54, 1.807) is 19.2 Å². The first-order valence-corrected chi connectivity index (χ1v) is 7.94. The van der Waals surface area contributed by atoms with Crippen LogP contribution in [0.3, 0.4) is 0 Å². The lowest BCUT2D eigenvalue weighted by atomic mass is 10.2. The topological polar surface area (TPSA) is 38.7 Å². The van der Waals surface area contributed by atoms with Gasteiger partial charge in [-0.1, -0.05) is 6.07 Å². The van der Waals surface area contributed by atoms with Crippen LogP contribution in [0.5, 0.6) is 0 Å². The van der Waals surface area contributed by atoms with Crippen LogP contribution in [0.15, 0.2) is 53.7 Å². The molecule has 0 fully saturated rings. The van der Waals surface area contributed by atoms with Crippen molar-refractivity contribution in [1.29, 1.82) is 0 Å². The van der Waals surface area contributed by atoms with Crippen LogP contribution in [0.2, 0.25) is 0 Å². The number of nitrogens with zero attached hydrogens (tertiary/aromatic N) is 3. The Kier molecular flexibility index (Phi) is 4.62. The molecule has 0 unspecified atom stereocenters. The van der Waals surface area contributed by atoms with Gasteiger partial charge in [-0.25, -0.2) is 18.7 Å². The molecule has 0 amide bonds. The van der Waals surface area contributed by atoms with Crippen molar-refractivity contribution in [2.75, 3.05) is 0 Å². The Morgan fingerprint density at radius 3 is 2.65 bits per heavy atom. The first-order valence-electron chi connectivity index (χ1n) is 6.95. The van der Waals surface area contributed by atoms with Crippen LogP contribution in [-0.4, -0.2) is 15.0 Å². The summed E-state index contributed by atoms with van der Waals surface area (Å²) in [6.45, 7) is 1.79. The summed E-state index contributed by atoms with van der Waals surface area (Å²) >= 11 is 1.33. The van der Waals surface area contributed by atoms with Crippen molar-refractivity contribution in [2.24, 2.45) is 0 Å². The summed E-state index contributed by atoms with van der Waals surface area (Å²) in [6, 6.07) is 10.8. The molecule has 3 aromatic rings. The van der Waals surface area contributed by atoms with Gasteiger partial charge in [-0.15, -0.1) is 11.8 Å². The maximum atomic E-state index is 13.7. The smallest absolute Gasteiger partial charge is 0.127 e. The Morgan fingerprint density at radius 2 is 1.87 bits per heavy atom. The number of rotatable bonds is 4. The van der Waals surface area contributed by atoms with Crippen molar-refractivity contribution in [3.05, 3.63) is 71.7 Å². The van der Waals surface area contributed by atoms with E-state index in [-0.39, 0.29) is 0 Å². The Morgan fingerprint density at radius 1 is 1.00 bits per heavy atom. The second-order valence-electron chi connectivity index (χ2n) is 4.88. The highest BCUT2D eigenvalue weighted by Crippen LogP contribution is 2.26. The number of thioether (sulfide) groups is 1. The highest BCUT2D eigenvalue weighted by Gasteiger charge is 2.09. The molecule has 2 aromatic heterocycles. The molecule has 0 saturated heterocycles. The van der Waals surface area contributed by atoms with Crippen LogP contribution in [0, 0.1) is 18.6 Å². The summed E-state index contributed by atoms with van der Waals surface area (Å²) in [5.74, 6) is 0.0295. The number of aryl methyl sites for hydroxylation is 1. The molecule has 0 atom stereocenters. The second-order valence-corrected chi connectivity index (χ2v) is 5.87. The summed E-state index contributed by atoms with van der Waals surface area (Å²) in [5, 5.41) is 0.696. The summed E-state index contributed by atoms with van der Waals surface area (Å²) in [7, 11) is 0. The second kappa shape index (κ2) is 6.83. The Hall–Kier alpha value is -2.34. The lowest BCUT2D eigenvalue weighted by Crippen LogP contribution is -1.96. The SMILES string of the molecule is Cc1nc(SCc2cc(F)ccc2F)cc(-c2ccccn2)n1. The van der Waals surface area contributed by atoms with Crippen molar-refractivity contribution in [3.8, 4) is 11.4 Å². The molecule has 3 nitrogen and oxygen atoms in total. The van der Waals surface area contributed by atoms with E-state index in [2.05, 4.69) is 15.0 Å². The maximum absolute atomic E-state index is 13.7. The molecule has 0 aliphatic carbocycles. The molecule has 0 bridgehead atoms. The number of hydrogen-bond donors (Lipinski definition) is 0. The largest absolute Gasteiger partial charge is 0.255 e. The van der Waals surface area contributed by atoms with E-state index >= 15 is 0 Å². The molecule has 116 valence electrons. The van der Waals surface area contributed by atoms with E-state index in [4.69, 9.17) is 0 Å². The minimum Gasteiger partial charge on any atom is -0.255 e. The van der Waals surface area contributed by atoms with Gasteiger partial charge < -0.3 is 0 Å². The molecule has 3 rings (SSSR count). The van der Waals surface area contributed by atoms with Gasteiger partial charge in [0.25, 0.3) is 0 Å². The number of aromatic nitrogens is 3. The molecule has 0 aliphatic rings. The van der Waals surface area contributed by atoms with Gasteiger partial charge in [0, 0.05) is 17.5 Å². The van der Waals surface area contributed by atoms with E-state index in [9.17, 15) is 8.78 Å². The molecule has 0 radical (unpaired) electrons. The number of pyridine rings is 1. The third-order valence-corrected chi connectivity index (χ3v) is 4.09. The fraction of sp³-hybridized carbons (Fsp3) is 0.118. The number of hydrogen-bond acceptors (Lipinski definition) is 4. The monoisotopic (exact) mass is 329 g/mol. The first kappa shape index (κ1) is 15.6. The average Bonchev–Trinajstić information content (AvgIpc) is 2.56. The molecule has 6 heteroatoms. The lowest BCUT2D eigenvalue weighted by Gasteiger charge is -2.06. The van der Waals surface area contributed by atoms with E-state index < -0.39 is 11.6 Å². The predicted molar refractivity (Wildman–Crippen MR) is 85.9 cm³/mol. The van der Waals surface area contributed by atoms with Gasteiger partial charge in [0.05, 0.1) is 11.4 Å². The quantitative estimate of drug-likeness (QED) is 0.525. The van der Waals surface area contributed by atoms with E-state index in [1.165, 1.54) is 17.8 Å². The van der Waals surface area contributed by atoms with Crippen molar-refractivity contribution in [1.82, 2.24) is 15.0 Å². The third kappa shape index (κ3) is 3.90. The molecule has 1 aromatic carbocycles. The van der Waals surface area contributed by atoms with Crippen LogP contribution in [0.4, 0.5) is 8.78 Å². The Balaban J connectivity index is 1.83. The molecule has 0 saturated carbocycles. The predicted octanol–water partition coefficient (Wildman–Crippen LogP) is 4.42. The lowest BCUT2D eigenvalue weighted by molar-refractivity contribution is 0.591. The van der Waals surface area contributed by atoms with Gasteiger partial charge in [0.1, 0.15) is 22.5 Å². The highest BCUT2D eigenvalue weighted by molar-refractivity contribution is 7.98. The average molecular weight is 329 g/mol. The number of benzene rings is 1. The maximum Gasteiger partial charge on any atom is 0.127 e. The summed E-state index contributed by atoms with van der Waals surface area (Å²) < 4.78 is 26.9. The molecule has 2 heterocycles. The number of halogens is 2. The third-order valence-electron chi connectivity index (χ3n) is 3.13. The first-order chi connectivity index (χ1) is 11.1. The fourth-order valence-electron chi connectivity index (χ4n) is 2.07.